The highest BCUT2D eigenvalue weighted by Crippen LogP contribution is 2.12. The lowest BCUT2D eigenvalue weighted by atomic mass is 10.2. The summed E-state index contributed by atoms with van der Waals surface area (Å²) in [6.07, 6.45) is 0.834. The molecule has 0 fully saturated rings. The molecule has 0 aliphatic rings. The van der Waals surface area contributed by atoms with Crippen molar-refractivity contribution in [3.63, 3.8) is 0 Å². The molecule has 7 heteroatoms. The summed E-state index contributed by atoms with van der Waals surface area (Å²) in [5.41, 5.74) is -0.332. The Balaban J connectivity index is 2.32. The maximum atomic E-state index is 11.6. The number of aromatic nitrogens is 2. The highest BCUT2D eigenvalue weighted by atomic mass is 16.2. The first-order valence-corrected chi connectivity index (χ1v) is 5.91. The van der Waals surface area contributed by atoms with Gasteiger partial charge in [0.2, 0.25) is 0 Å². The van der Waals surface area contributed by atoms with Gasteiger partial charge in [-0.15, -0.1) is 0 Å². The van der Waals surface area contributed by atoms with Gasteiger partial charge in [-0.2, -0.15) is 0 Å². The number of rotatable bonds is 3. The minimum atomic E-state index is -0.410. The van der Waals surface area contributed by atoms with Crippen molar-refractivity contribution in [2.45, 2.75) is 13.3 Å². The zero-order valence-corrected chi connectivity index (χ0v) is 10.4. The number of amides is 2. The second kappa shape index (κ2) is 5.38. The molecule has 1 aromatic carbocycles. The standard InChI is InChI=1S/C12H14N4O3/c1-2-5-13-12(19)14-7-3-4-8-9(6-7)11(18)16-15-10(8)17/h3-4,6H,2,5H2,1H3,(H,15,17)(H,16,18)(H2,13,14,19). The summed E-state index contributed by atoms with van der Waals surface area (Å²) in [5.74, 6) is 0. The Hall–Kier alpha value is -2.57. The van der Waals surface area contributed by atoms with E-state index in [1.54, 1.807) is 6.07 Å². The van der Waals surface area contributed by atoms with E-state index in [2.05, 4.69) is 20.8 Å². The third-order valence-corrected chi connectivity index (χ3v) is 2.59. The van der Waals surface area contributed by atoms with Gasteiger partial charge in [0.1, 0.15) is 0 Å². The smallest absolute Gasteiger partial charge is 0.319 e. The van der Waals surface area contributed by atoms with Crippen molar-refractivity contribution in [2.24, 2.45) is 0 Å². The average Bonchev–Trinajstić information content (AvgIpc) is 2.41. The maximum absolute atomic E-state index is 11.6. The molecule has 0 saturated heterocycles. The van der Waals surface area contributed by atoms with Gasteiger partial charge < -0.3 is 10.6 Å². The molecule has 2 aromatic rings. The van der Waals surface area contributed by atoms with Gasteiger partial charge in [0.05, 0.1) is 10.8 Å². The van der Waals surface area contributed by atoms with Crippen LogP contribution < -0.4 is 21.8 Å². The van der Waals surface area contributed by atoms with Gasteiger partial charge in [-0.3, -0.25) is 19.8 Å². The van der Waals surface area contributed by atoms with Crippen molar-refractivity contribution in [3.8, 4) is 0 Å². The predicted octanol–water partition coefficient (Wildman–Crippen LogP) is 0.748. The number of fused-ring (bicyclic) bond motifs is 1. The lowest BCUT2D eigenvalue weighted by Gasteiger charge is -2.07. The molecule has 2 amide bonds. The van der Waals surface area contributed by atoms with E-state index in [4.69, 9.17) is 0 Å². The number of H-pyrrole nitrogens is 2. The van der Waals surface area contributed by atoms with E-state index in [0.29, 0.717) is 12.2 Å². The first-order chi connectivity index (χ1) is 9.11. The molecule has 7 nitrogen and oxygen atoms in total. The van der Waals surface area contributed by atoms with E-state index in [1.807, 2.05) is 6.92 Å². The average molecular weight is 262 g/mol. The highest BCUT2D eigenvalue weighted by Gasteiger charge is 2.06. The molecule has 0 bridgehead atoms. The molecular formula is C12H14N4O3. The number of anilines is 1. The zero-order valence-electron chi connectivity index (χ0n) is 10.4. The molecule has 0 unspecified atom stereocenters. The Morgan fingerprint density at radius 3 is 2.53 bits per heavy atom. The molecule has 0 spiro atoms. The van der Waals surface area contributed by atoms with Gasteiger partial charge in [0, 0.05) is 12.2 Å². The fourth-order valence-electron chi connectivity index (χ4n) is 1.67. The van der Waals surface area contributed by atoms with Gasteiger partial charge >= 0.3 is 6.03 Å². The number of benzene rings is 1. The maximum Gasteiger partial charge on any atom is 0.319 e. The lowest BCUT2D eigenvalue weighted by Crippen LogP contribution is -2.29. The van der Waals surface area contributed by atoms with Gasteiger partial charge in [0.15, 0.2) is 0 Å². The van der Waals surface area contributed by atoms with Crippen LogP contribution in [0.3, 0.4) is 0 Å². The van der Waals surface area contributed by atoms with E-state index in [1.165, 1.54) is 12.1 Å². The van der Waals surface area contributed by atoms with Crippen molar-refractivity contribution in [1.29, 1.82) is 0 Å². The first-order valence-electron chi connectivity index (χ1n) is 5.91. The third-order valence-electron chi connectivity index (χ3n) is 2.59. The van der Waals surface area contributed by atoms with Crippen LogP contribution >= 0.6 is 0 Å². The number of carbonyl (C=O) groups is 1. The fourth-order valence-corrected chi connectivity index (χ4v) is 1.67. The first kappa shape index (κ1) is 12.9. The minimum absolute atomic E-state index is 0.233. The molecule has 0 aliphatic carbocycles. The van der Waals surface area contributed by atoms with Crippen LogP contribution in [0.25, 0.3) is 10.8 Å². The lowest BCUT2D eigenvalue weighted by molar-refractivity contribution is 0.252. The van der Waals surface area contributed by atoms with Gasteiger partial charge in [0.25, 0.3) is 11.1 Å². The van der Waals surface area contributed by atoms with Crippen molar-refractivity contribution in [1.82, 2.24) is 15.5 Å². The van der Waals surface area contributed by atoms with E-state index in [9.17, 15) is 14.4 Å². The van der Waals surface area contributed by atoms with E-state index in [-0.39, 0.29) is 22.4 Å². The number of hydrogen-bond donors (Lipinski definition) is 4. The zero-order chi connectivity index (χ0) is 13.8. The third kappa shape index (κ3) is 2.82. The number of nitrogens with one attached hydrogen (secondary N) is 4. The second-order valence-electron chi connectivity index (χ2n) is 4.05. The van der Waals surface area contributed by atoms with E-state index >= 15 is 0 Å². The van der Waals surface area contributed by atoms with E-state index < -0.39 is 5.56 Å². The fraction of sp³-hybridized carbons (Fsp3) is 0.250. The SMILES string of the molecule is CCCNC(=O)Nc1ccc2c(=O)[nH][nH]c(=O)c2c1. The summed E-state index contributed by atoms with van der Waals surface area (Å²) in [4.78, 5) is 34.6. The largest absolute Gasteiger partial charge is 0.338 e. The molecule has 0 atom stereocenters. The van der Waals surface area contributed by atoms with Crippen LogP contribution in [0.2, 0.25) is 0 Å². The monoisotopic (exact) mass is 262 g/mol. The Morgan fingerprint density at radius 2 is 1.84 bits per heavy atom. The Labute approximate surface area is 108 Å². The summed E-state index contributed by atoms with van der Waals surface area (Å²) in [7, 11) is 0. The molecular weight excluding hydrogens is 248 g/mol. The minimum Gasteiger partial charge on any atom is -0.338 e. The van der Waals surface area contributed by atoms with Crippen LogP contribution in [0.15, 0.2) is 27.8 Å². The number of hydrogen-bond acceptors (Lipinski definition) is 3. The quantitative estimate of drug-likeness (QED) is 0.655. The molecule has 19 heavy (non-hydrogen) atoms. The van der Waals surface area contributed by atoms with Crippen LogP contribution in [0.4, 0.5) is 10.5 Å². The van der Waals surface area contributed by atoms with Gasteiger partial charge in [-0.05, 0) is 24.6 Å². The molecule has 0 saturated carbocycles. The van der Waals surface area contributed by atoms with Gasteiger partial charge in [-0.25, -0.2) is 4.79 Å². The molecule has 1 heterocycles. The second-order valence-corrected chi connectivity index (χ2v) is 4.05. The summed E-state index contributed by atoms with van der Waals surface area (Å²) in [5, 5.41) is 10.2. The normalized spacial score (nSPS) is 10.4. The summed E-state index contributed by atoms with van der Waals surface area (Å²) < 4.78 is 0. The molecule has 4 N–H and O–H groups in total. The van der Waals surface area contributed by atoms with Crippen molar-refractivity contribution in [3.05, 3.63) is 38.9 Å². The summed E-state index contributed by atoms with van der Waals surface area (Å²) >= 11 is 0. The molecule has 1 aromatic heterocycles. The van der Waals surface area contributed by atoms with Crippen LogP contribution in [0.1, 0.15) is 13.3 Å². The molecule has 2 rings (SSSR count). The number of urea groups is 1. The Morgan fingerprint density at radius 1 is 1.16 bits per heavy atom. The number of carbonyl (C=O) groups excluding carboxylic acids is 1. The van der Waals surface area contributed by atoms with Crippen LogP contribution in [-0.4, -0.2) is 22.8 Å². The number of aromatic amines is 2. The topological polar surface area (TPSA) is 107 Å². The highest BCUT2D eigenvalue weighted by molar-refractivity contribution is 5.92. The summed E-state index contributed by atoms with van der Waals surface area (Å²) in [6.45, 7) is 2.52. The Bertz CT molecular complexity index is 717. The van der Waals surface area contributed by atoms with Crippen molar-refractivity contribution >= 4 is 22.5 Å². The van der Waals surface area contributed by atoms with Crippen LogP contribution in [0, 0.1) is 0 Å². The predicted molar refractivity (Wildman–Crippen MR) is 72.5 cm³/mol. The molecule has 0 aliphatic heterocycles. The summed E-state index contributed by atoms with van der Waals surface area (Å²) in [6, 6.07) is 4.19. The van der Waals surface area contributed by atoms with Gasteiger partial charge in [-0.1, -0.05) is 6.92 Å². The molecule has 100 valence electrons. The van der Waals surface area contributed by atoms with Crippen LogP contribution in [0.5, 0.6) is 0 Å². The van der Waals surface area contributed by atoms with Crippen molar-refractivity contribution < 1.29 is 4.79 Å². The van der Waals surface area contributed by atoms with Crippen molar-refractivity contribution in [2.75, 3.05) is 11.9 Å². The molecule has 0 radical (unpaired) electrons. The van der Waals surface area contributed by atoms with Crippen LogP contribution in [-0.2, 0) is 0 Å². The van der Waals surface area contributed by atoms with E-state index in [0.717, 1.165) is 6.42 Å². The Kier molecular flexibility index (Phi) is 3.65.